The van der Waals surface area contributed by atoms with Crippen LogP contribution in [0.3, 0.4) is 0 Å². The van der Waals surface area contributed by atoms with Gasteiger partial charge in [-0.05, 0) is 43.9 Å². The SMILES string of the molecule is CCN(C(=O)NCCc1cc(F)cc2c1OCOC2)C1CCCCC1. The Morgan fingerprint density at radius 3 is 2.88 bits per heavy atom. The van der Waals surface area contributed by atoms with Crippen molar-refractivity contribution in [3.8, 4) is 5.75 Å². The van der Waals surface area contributed by atoms with Crippen molar-refractivity contribution in [1.82, 2.24) is 10.2 Å². The summed E-state index contributed by atoms with van der Waals surface area (Å²) in [4.78, 5) is 14.4. The highest BCUT2D eigenvalue weighted by molar-refractivity contribution is 5.74. The lowest BCUT2D eigenvalue weighted by molar-refractivity contribution is -0.0172. The topological polar surface area (TPSA) is 50.8 Å². The second kappa shape index (κ2) is 8.52. The molecular formula is C19H27FN2O3. The summed E-state index contributed by atoms with van der Waals surface area (Å²) in [5, 5.41) is 2.98. The molecule has 1 fully saturated rings. The number of benzene rings is 1. The van der Waals surface area contributed by atoms with E-state index in [2.05, 4.69) is 5.32 Å². The number of amides is 2. The first-order chi connectivity index (χ1) is 12.2. The summed E-state index contributed by atoms with van der Waals surface area (Å²) in [6.45, 7) is 3.74. The maximum Gasteiger partial charge on any atom is 0.317 e. The van der Waals surface area contributed by atoms with Crippen molar-refractivity contribution in [1.29, 1.82) is 0 Å². The van der Waals surface area contributed by atoms with E-state index in [0.717, 1.165) is 24.0 Å². The Labute approximate surface area is 148 Å². The predicted octanol–water partition coefficient (Wildman–Crippen LogP) is 3.60. The number of rotatable bonds is 5. The molecule has 1 heterocycles. The average Bonchev–Trinajstić information content (AvgIpc) is 2.63. The minimum absolute atomic E-state index is 0.0241. The largest absolute Gasteiger partial charge is 0.467 e. The van der Waals surface area contributed by atoms with Crippen LogP contribution < -0.4 is 10.1 Å². The number of carbonyl (C=O) groups excluding carboxylic acids is 1. The number of fused-ring (bicyclic) bond motifs is 1. The lowest BCUT2D eigenvalue weighted by atomic mass is 9.94. The van der Waals surface area contributed by atoms with E-state index in [9.17, 15) is 9.18 Å². The van der Waals surface area contributed by atoms with Gasteiger partial charge in [0, 0.05) is 24.7 Å². The molecule has 0 aromatic heterocycles. The Balaban J connectivity index is 1.57. The summed E-state index contributed by atoms with van der Waals surface area (Å²) in [6, 6.07) is 3.25. The van der Waals surface area contributed by atoms with Crippen LogP contribution in [0.5, 0.6) is 5.75 Å². The molecule has 25 heavy (non-hydrogen) atoms. The van der Waals surface area contributed by atoms with Crippen LogP contribution in [0, 0.1) is 5.82 Å². The maximum absolute atomic E-state index is 13.8. The third-order valence-electron chi connectivity index (χ3n) is 5.04. The first-order valence-electron chi connectivity index (χ1n) is 9.25. The standard InChI is InChI=1S/C19H27FN2O3/c1-2-22(17-6-4-3-5-7-17)19(23)21-9-8-14-10-16(20)11-15-12-24-13-25-18(14)15/h10-11,17H,2-9,12-13H2,1H3,(H,21,23). The van der Waals surface area contributed by atoms with E-state index in [1.54, 1.807) is 0 Å². The molecule has 1 aliphatic heterocycles. The van der Waals surface area contributed by atoms with Crippen LogP contribution in [0.25, 0.3) is 0 Å². The summed E-state index contributed by atoms with van der Waals surface area (Å²) in [7, 11) is 0. The quantitative estimate of drug-likeness (QED) is 0.883. The molecule has 1 N–H and O–H groups in total. The molecule has 1 aromatic carbocycles. The molecule has 0 saturated heterocycles. The van der Waals surface area contributed by atoms with Crippen molar-refractivity contribution < 1.29 is 18.7 Å². The van der Waals surface area contributed by atoms with E-state index in [0.29, 0.717) is 37.9 Å². The molecule has 2 aliphatic rings. The Bertz CT molecular complexity index is 603. The normalized spacial score (nSPS) is 17.5. The molecule has 1 aromatic rings. The zero-order chi connectivity index (χ0) is 17.6. The van der Waals surface area contributed by atoms with Gasteiger partial charge in [0.25, 0.3) is 0 Å². The van der Waals surface area contributed by atoms with Crippen molar-refractivity contribution in [2.24, 2.45) is 0 Å². The fraction of sp³-hybridized carbons (Fsp3) is 0.632. The van der Waals surface area contributed by atoms with Crippen LogP contribution in [0.4, 0.5) is 9.18 Å². The van der Waals surface area contributed by atoms with E-state index in [1.807, 2.05) is 11.8 Å². The van der Waals surface area contributed by atoms with Gasteiger partial charge < -0.3 is 19.7 Å². The van der Waals surface area contributed by atoms with Crippen molar-refractivity contribution >= 4 is 6.03 Å². The summed E-state index contributed by atoms with van der Waals surface area (Å²) in [6.07, 6.45) is 6.38. The Hall–Kier alpha value is -1.82. The third kappa shape index (κ3) is 4.42. The molecule has 6 heteroatoms. The lowest BCUT2D eigenvalue weighted by Crippen LogP contribution is -2.47. The van der Waals surface area contributed by atoms with Crippen LogP contribution in [0.1, 0.15) is 50.2 Å². The van der Waals surface area contributed by atoms with Gasteiger partial charge in [0.05, 0.1) is 6.61 Å². The summed E-state index contributed by atoms with van der Waals surface area (Å²) in [5.41, 5.74) is 1.50. The highest BCUT2D eigenvalue weighted by Gasteiger charge is 2.24. The molecule has 138 valence electrons. The Kier molecular flexibility index (Phi) is 6.13. The molecule has 1 aliphatic carbocycles. The van der Waals surface area contributed by atoms with Gasteiger partial charge in [-0.2, -0.15) is 0 Å². The number of carbonyl (C=O) groups is 1. The van der Waals surface area contributed by atoms with Gasteiger partial charge in [0.15, 0.2) is 6.79 Å². The van der Waals surface area contributed by atoms with Crippen molar-refractivity contribution in [3.05, 3.63) is 29.1 Å². The number of hydrogen-bond acceptors (Lipinski definition) is 3. The monoisotopic (exact) mass is 350 g/mol. The van der Waals surface area contributed by atoms with E-state index in [1.165, 1.54) is 31.4 Å². The van der Waals surface area contributed by atoms with Gasteiger partial charge in [-0.1, -0.05) is 19.3 Å². The first kappa shape index (κ1) is 18.0. The molecular weight excluding hydrogens is 323 g/mol. The second-order valence-corrected chi connectivity index (χ2v) is 6.72. The highest BCUT2D eigenvalue weighted by atomic mass is 19.1. The zero-order valence-electron chi connectivity index (χ0n) is 14.9. The molecule has 0 spiro atoms. The number of ether oxygens (including phenoxy) is 2. The van der Waals surface area contributed by atoms with Crippen LogP contribution >= 0.6 is 0 Å². The number of halogens is 1. The Morgan fingerprint density at radius 1 is 1.32 bits per heavy atom. The van der Waals surface area contributed by atoms with Crippen molar-refractivity contribution in [2.75, 3.05) is 19.9 Å². The Morgan fingerprint density at radius 2 is 2.12 bits per heavy atom. The van der Waals surface area contributed by atoms with Crippen LogP contribution in [0.15, 0.2) is 12.1 Å². The first-order valence-corrected chi connectivity index (χ1v) is 9.25. The van der Waals surface area contributed by atoms with Crippen LogP contribution in [-0.4, -0.2) is 36.9 Å². The molecule has 0 unspecified atom stereocenters. The van der Waals surface area contributed by atoms with Crippen molar-refractivity contribution in [2.45, 2.75) is 58.1 Å². The van der Waals surface area contributed by atoms with Gasteiger partial charge in [-0.25, -0.2) is 9.18 Å². The fourth-order valence-corrected chi connectivity index (χ4v) is 3.81. The maximum atomic E-state index is 13.8. The van der Waals surface area contributed by atoms with Crippen LogP contribution in [0.2, 0.25) is 0 Å². The predicted molar refractivity (Wildman–Crippen MR) is 93.0 cm³/mol. The number of hydrogen-bond donors (Lipinski definition) is 1. The molecule has 5 nitrogen and oxygen atoms in total. The van der Waals surface area contributed by atoms with Gasteiger partial charge in [-0.3, -0.25) is 0 Å². The molecule has 0 atom stereocenters. The fourth-order valence-electron chi connectivity index (χ4n) is 3.81. The van der Waals surface area contributed by atoms with Crippen molar-refractivity contribution in [3.63, 3.8) is 0 Å². The number of nitrogens with zero attached hydrogens (tertiary/aromatic N) is 1. The van der Waals surface area contributed by atoms with E-state index < -0.39 is 0 Å². The van der Waals surface area contributed by atoms with Gasteiger partial charge in [0.1, 0.15) is 11.6 Å². The smallest absolute Gasteiger partial charge is 0.317 e. The van der Waals surface area contributed by atoms with Gasteiger partial charge >= 0.3 is 6.03 Å². The molecule has 3 rings (SSSR count). The minimum Gasteiger partial charge on any atom is -0.467 e. The van der Waals surface area contributed by atoms with E-state index in [-0.39, 0.29) is 18.6 Å². The summed E-state index contributed by atoms with van der Waals surface area (Å²) in [5.74, 6) is 0.396. The lowest BCUT2D eigenvalue weighted by Gasteiger charge is -2.33. The van der Waals surface area contributed by atoms with E-state index in [4.69, 9.17) is 9.47 Å². The highest BCUT2D eigenvalue weighted by Crippen LogP contribution is 2.29. The van der Waals surface area contributed by atoms with Crippen LogP contribution in [-0.2, 0) is 17.8 Å². The molecule has 1 saturated carbocycles. The number of urea groups is 1. The molecule has 0 radical (unpaired) electrons. The molecule has 2 amide bonds. The minimum atomic E-state index is -0.299. The second-order valence-electron chi connectivity index (χ2n) is 6.72. The zero-order valence-corrected chi connectivity index (χ0v) is 14.9. The van der Waals surface area contributed by atoms with Gasteiger partial charge in [0.2, 0.25) is 0 Å². The summed E-state index contributed by atoms with van der Waals surface area (Å²) >= 11 is 0. The average molecular weight is 350 g/mol. The summed E-state index contributed by atoms with van der Waals surface area (Å²) < 4.78 is 24.5. The molecule has 0 bridgehead atoms. The third-order valence-corrected chi connectivity index (χ3v) is 5.04. The van der Waals surface area contributed by atoms with E-state index >= 15 is 0 Å². The number of nitrogens with one attached hydrogen (secondary N) is 1. The van der Waals surface area contributed by atoms with Gasteiger partial charge in [-0.15, -0.1) is 0 Å².